The Bertz CT molecular complexity index is 745. The van der Waals surface area contributed by atoms with Crippen molar-refractivity contribution in [1.82, 2.24) is 0 Å². The molecule has 0 bridgehead atoms. The second kappa shape index (κ2) is 3.96. The van der Waals surface area contributed by atoms with Crippen molar-refractivity contribution in [3.8, 4) is 0 Å². The van der Waals surface area contributed by atoms with Crippen molar-refractivity contribution < 1.29 is 0 Å². The molecular formula is C19H16. The maximum Gasteiger partial charge on any atom is 0.0136 e. The van der Waals surface area contributed by atoms with E-state index in [4.69, 9.17) is 0 Å². The van der Waals surface area contributed by atoms with Gasteiger partial charge in [-0.25, -0.2) is 0 Å². The molecule has 4 rings (SSSR count). The molecular weight excluding hydrogens is 228 g/mol. The third kappa shape index (κ3) is 1.60. The van der Waals surface area contributed by atoms with E-state index < -0.39 is 0 Å². The van der Waals surface area contributed by atoms with Crippen LogP contribution in [0.15, 0.2) is 60.7 Å². The van der Waals surface area contributed by atoms with Gasteiger partial charge in [-0.05, 0) is 40.8 Å². The average molecular weight is 244 g/mol. The third-order valence-corrected chi connectivity index (χ3v) is 4.30. The van der Waals surface area contributed by atoms with Crippen LogP contribution >= 0.6 is 0 Å². The second-order valence-corrected chi connectivity index (χ2v) is 5.53. The molecule has 0 aromatic heterocycles. The van der Waals surface area contributed by atoms with Crippen LogP contribution in [-0.2, 0) is 6.42 Å². The van der Waals surface area contributed by atoms with E-state index in [1.165, 1.54) is 33.0 Å². The number of aryl methyl sites for hydroxylation is 1. The largest absolute Gasteiger partial charge is 0.0614 e. The Hall–Kier alpha value is -2.08. The molecule has 0 heterocycles. The highest BCUT2D eigenvalue weighted by Crippen LogP contribution is 2.41. The molecule has 0 fully saturated rings. The van der Waals surface area contributed by atoms with Crippen LogP contribution in [0.2, 0.25) is 0 Å². The molecule has 0 radical (unpaired) electrons. The van der Waals surface area contributed by atoms with Gasteiger partial charge in [-0.2, -0.15) is 0 Å². The van der Waals surface area contributed by atoms with Crippen LogP contribution in [0.1, 0.15) is 28.2 Å². The molecule has 0 saturated heterocycles. The highest BCUT2D eigenvalue weighted by molar-refractivity contribution is 5.92. The molecule has 19 heavy (non-hydrogen) atoms. The molecule has 0 amide bonds. The highest BCUT2D eigenvalue weighted by atomic mass is 14.3. The van der Waals surface area contributed by atoms with Crippen LogP contribution < -0.4 is 0 Å². The first-order valence-corrected chi connectivity index (χ1v) is 6.90. The Morgan fingerprint density at radius 2 is 1.58 bits per heavy atom. The fraction of sp³-hybridized carbons (Fsp3) is 0.158. The molecule has 1 unspecified atom stereocenters. The highest BCUT2D eigenvalue weighted by Gasteiger charge is 2.25. The molecule has 1 atom stereocenters. The standard InChI is InChI=1S/C19H16/c1-13-8-10-14(11-9-13)18-12-16-6-2-4-15-5-3-7-17(18)19(15)16/h2-11,18H,12H2,1H3. The summed E-state index contributed by atoms with van der Waals surface area (Å²) in [5.74, 6) is 0.529. The van der Waals surface area contributed by atoms with Crippen LogP contribution in [0, 0.1) is 6.92 Å². The first kappa shape index (κ1) is 10.8. The van der Waals surface area contributed by atoms with Gasteiger partial charge >= 0.3 is 0 Å². The Labute approximate surface area is 113 Å². The molecule has 3 aromatic carbocycles. The molecule has 0 spiro atoms. The van der Waals surface area contributed by atoms with E-state index in [9.17, 15) is 0 Å². The lowest BCUT2D eigenvalue weighted by Gasteiger charge is -2.12. The van der Waals surface area contributed by atoms with Gasteiger partial charge in [0, 0.05) is 5.92 Å². The van der Waals surface area contributed by atoms with Crippen LogP contribution in [0.4, 0.5) is 0 Å². The van der Waals surface area contributed by atoms with Gasteiger partial charge in [0.1, 0.15) is 0 Å². The Morgan fingerprint density at radius 1 is 0.842 bits per heavy atom. The lowest BCUT2D eigenvalue weighted by atomic mass is 9.91. The monoisotopic (exact) mass is 244 g/mol. The van der Waals surface area contributed by atoms with Gasteiger partial charge in [-0.15, -0.1) is 0 Å². The summed E-state index contributed by atoms with van der Waals surface area (Å²) in [4.78, 5) is 0. The van der Waals surface area contributed by atoms with E-state index in [2.05, 4.69) is 67.6 Å². The molecule has 0 nitrogen and oxygen atoms in total. The maximum absolute atomic E-state index is 2.29. The van der Waals surface area contributed by atoms with Crippen LogP contribution in [0.25, 0.3) is 10.8 Å². The van der Waals surface area contributed by atoms with Crippen molar-refractivity contribution in [1.29, 1.82) is 0 Å². The summed E-state index contributed by atoms with van der Waals surface area (Å²) in [5.41, 5.74) is 5.77. The average Bonchev–Trinajstić information content (AvgIpc) is 2.82. The van der Waals surface area contributed by atoms with E-state index in [1.54, 1.807) is 0 Å². The quantitative estimate of drug-likeness (QED) is 0.575. The molecule has 0 heteroatoms. The van der Waals surface area contributed by atoms with Crippen LogP contribution in [-0.4, -0.2) is 0 Å². The Morgan fingerprint density at radius 3 is 2.37 bits per heavy atom. The lowest BCUT2D eigenvalue weighted by molar-refractivity contribution is 0.847. The molecule has 1 aliphatic rings. The second-order valence-electron chi connectivity index (χ2n) is 5.53. The van der Waals surface area contributed by atoms with E-state index in [-0.39, 0.29) is 0 Å². The smallest absolute Gasteiger partial charge is 0.0136 e. The van der Waals surface area contributed by atoms with Crippen molar-refractivity contribution in [2.45, 2.75) is 19.3 Å². The summed E-state index contributed by atoms with van der Waals surface area (Å²) in [6, 6.07) is 22.4. The third-order valence-electron chi connectivity index (χ3n) is 4.30. The topological polar surface area (TPSA) is 0 Å². The molecule has 1 aliphatic carbocycles. The van der Waals surface area contributed by atoms with E-state index in [0.717, 1.165) is 6.42 Å². The molecule has 0 N–H and O–H groups in total. The predicted octanol–water partition coefficient (Wildman–Crippen LogP) is 4.84. The predicted molar refractivity (Wildman–Crippen MR) is 80.7 cm³/mol. The summed E-state index contributed by atoms with van der Waals surface area (Å²) in [6.45, 7) is 2.15. The zero-order chi connectivity index (χ0) is 12.8. The molecule has 3 aromatic rings. The van der Waals surface area contributed by atoms with Gasteiger partial charge in [-0.3, -0.25) is 0 Å². The Balaban J connectivity index is 1.92. The van der Waals surface area contributed by atoms with Gasteiger partial charge in [0.2, 0.25) is 0 Å². The Kier molecular flexibility index (Phi) is 2.25. The first-order valence-electron chi connectivity index (χ1n) is 6.90. The van der Waals surface area contributed by atoms with Crippen molar-refractivity contribution in [2.75, 3.05) is 0 Å². The van der Waals surface area contributed by atoms with Crippen molar-refractivity contribution in [3.63, 3.8) is 0 Å². The maximum atomic E-state index is 2.29. The zero-order valence-electron chi connectivity index (χ0n) is 11.1. The van der Waals surface area contributed by atoms with Crippen LogP contribution in [0.3, 0.4) is 0 Å². The number of rotatable bonds is 1. The van der Waals surface area contributed by atoms with Gasteiger partial charge in [-0.1, -0.05) is 66.2 Å². The summed E-state index contributed by atoms with van der Waals surface area (Å²) in [5, 5.41) is 2.86. The summed E-state index contributed by atoms with van der Waals surface area (Å²) in [7, 11) is 0. The number of hydrogen-bond acceptors (Lipinski definition) is 0. The minimum atomic E-state index is 0.529. The number of benzene rings is 3. The van der Waals surface area contributed by atoms with Gasteiger partial charge < -0.3 is 0 Å². The first-order chi connectivity index (χ1) is 9.33. The molecule has 0 saturated carbocycles. The van der Waals surface area contributed by atoms with E-state index in [1.807, 2.05) is 0 Å². The zero-order valence-corrected chi connectivity index (χ0v) is 11.1. The SMILES string of the molecule is Cc1ccc(C2Cc3cccc4cccc2c34)cc1. The fourth-order valence-corrected chi connectivity index (χ4v) is 3.34. The van der Waals surface area contributed by atoms with E-state index in [0.29, 0.717) is 5.92 Å². The van der Waals surface area contributed by atoms with Gasteiger partial charge in [0.05, 0.1) is 0 Å². The summed E-state index contributed by atoms with van der Waals surface area (Å²) >= 11 is 0. The van der Waals surface area contributed by atoms with Crippen molar-refractivity contribution >= 4 is 10.8 Å². The fourth-order valence-electron chi connectivity index (χ4n) is 3.34. The normalized spacial score (nSPS) is 17.0. The summed E-state index contributed by atoms with van der Waals surface area (Å²) < 4.78 is 0. The van der Waals surface area contributed by atoms with Crippen LogP contribution in [0.5, 0.6) is 0 Å². The van der Waals surface area contributed by atoms with Crippen molar-refractivity contribution in [3.05, 3.63) is 82.9 Å². The minimum Gasteiger partial charge on any atom is -0.0614 e. The molecule has 0 aliphatic heterocycles. The van der Waals surface area contributed by atoms with Gasteiger partial charge in [0.15, 0.2) is 0 Å². The van der Waals surface area contributed by atoms with Crippen molar-refractivity contribution in [2.24, 2.45) is 0 Å². The number of hydrogen-bond donors (Lipinski definition) is 0. The van der Waals surface area contributed by atoms with E-state index >= 15 is 0 Å². The van der Waals surface area contributed by atoms with Gasteiger partial charge in [0.25, 0.3) is 0 Å². The lowest BCUT2D eigenvalue weighted by Crippen LogP contribution is -1.98. The minimum absolute atomic E-state index is 0.529. The summed E-state index contributed by atoms with van der Waals surface area (Å²) in [6.07, 6.45) is 1.14. The molecule has 92 valence electrons.